The molecule has 5 atom stereocenters. The molecule has 3 aliphatic heterocycles. The van der Waals surface area contributed by atoms with Crippen LogP contribution in [0, 0.1) is 0 Å². The zero-order chi connectivity index (χ0) is 15.7. The molecule has 0 saturated carbocycles. The van der Waals surface area contributed by atoms with E-state index in [0.29, 0.717) is 0 Å². The first-order chi connectivity index (χ1) is 10.7. The summed E-state index contributed by atoms with van der Waals surface area (Å²) in [4.78, 5) is 10.4. The highest BCUT2D eigenvalue weighted by Gasteiger charge is 2.46. The number of allylic oxidation sites excluding steroid dienone is 2. The van der Waals surface area contributed by atoms with Gasteiger partial charge in [0.2, 0.25) is 0 Å². The van der Waals surface area contributed by atoms with Crippen LogP contribution >= 0.6 is 0 Å². The van der Waals surface area contributed by atoms with Crippen molar-refractivity contribution in [3.8, 4) is 0 Å². The van der Waals surface area contributed by atoms with Crippen molar-refractivity contribution in [2.24, 2.45) is 9.98 Å². The van der Waals surface area contributed by atoms with Crippen molar-refractivity contribution in [1.29, 1.82) is 0 Å². The number of hydrogen-bond acceptors (Lipinski definition) is 7. The van der Waals surface area contributed by atoms with Crippen molar-refractivity contribution in [1.82, 2.24) is 4.90 Å². The van der Waals surface area contributed by atoms with Gasteiger partial charge in [-0.15, -0.1) is 0 Å². The first kappa shape index (κ1) is 15.4. The van der Waals surface area contributed by atoms with Gasteiger partial charge in [-0.3, -0.25) is 0 Å². The molecule has 2 bridgehead atoms. The summed E-state index contributed by atoms with van der Waals surface area (Å²) in [5.74, 6) is 0. The molecule has 0 amide bonds. The van der Waals surface area contributed by atoms with Crippen LogP contribution in [0.3, 0.4) is 0 Å². The molecule has 7 nitrogen and oxygen atoms in total. The van der Waals surface area contributed by atoms with Crippen LogP contribution in [0.2, 0.25) is 0 Å². The lowest BCUT2D eigenvalue weighted by Crippen LogP contribution is -2.46. The molecule has 0 spiro atoms. The molecule has 1 fully saturated rings. The van der Waals surface area contributed by atoms with Crippen LogP contribution in [0.5, 0.6) is 0 Å². The Hall–Kier alpha value is -1.54. The molecule has 3 rings (SSSR count). The van der Waals surface area contributed by atoms with E-state index in [0.717, 1.165) is 17.7 Å². The lowest BCUT2D eigenvalue weighted by atomic mass is 10.0. The number of fused-ring (bicyclic) bond motifs is 1. The third-order valence-electron chi connectivity index (χ3n) is 4.21. The molecule has 1 saturated heterocycles. The average Bonchev–Trinajstić information content (AvgIpc) is 2.71. The molecule has 3 heterocycles. The molecule has 22 heavy (non-hydrogen) atoms. The van der Waals surface area contributed by atoms with Crippen LogP contribution in [0.25, 0.3) is 0 Å². The Morgan fingerprint density at radius 1 is 1.32 bits per heavy atom. The molecular formula is C15H21N3O4. The van der Waals surface area contributed by atoms with Gasteiger partial charge >= 0.3 is 0 Å². The SMILES string of the molecule is CCC1=NC=NC2C=C1C=CN2[C@@H]1O[C@H](CCO)[C@@H](O)[C@H]1O. The summed E-state index contributed by atoms with van der Waals surface area (Å²) >= 11 is 0. The van der Waals surface area contributed by atoms with Crippen LogP contribution in [-0.4, -0.2) is 69.6 Å². The quantitative estimate of drug-likeness (QED) is 0.668. The third kappa shape index (κ3) is 2.61. The molecule has 3 N–H and O–H groups in total. The standard InChI is InChI=1S/C15H21N3O4/c1-2-10-9-3-5-18(12(7-9)17-8-16-10)15-14(21)13(20)11(22-15)4-6-19/h3,5,7-8,11-15,19-21H,2,4,6H2,1H3/t11-,12?,13-,14-,15-/m1/s1. The van der Waals surface area contributed by atoms with Crippen LogP contribution in [-0.2, 0) is 4.74 Å². The Morgan fingerprint density at radius 3 is 2.86 bits per heavy atom. The molecule has 0 aromatic rings. The van der Waals surface area contributed by atoms with Gasteiger partial charge in [0.05, 0.1) is 6.10 Å². The monoisotopic (exact) mass is 307 g/mol. The Morgan fingerprint density at radius 2 is 2.14 bits per heavy atom. The minimum absolute atomic E-state index is 0.101. The maximum atomic E-state index is 10.2. The fourth-order valence-electron chi connectivity index (χ4n) is 2.99. The fraction of sp³-hybridized carbons (Fsp3) is 0.600. The van der Waals surface area contributed by atoms with E-state index in [1.54, 1.807) is 4.90 Å². The van der Waals surface area contributed by atoms with Crippen molar-refractivity contribution in [2.45, 2.75) is 50.5 Å². The third-order valence-corrected chi connectivity index (χ3v) is 4.21. The second kappa shape index (κ2) is 6.29. The number of aliphatic imine (C=N–C) groups is 2. The molecule has 3 aliphatic rings. The molecule has 0 aromatic heterocycles. The summed E-state index contributed by atoms with van der Waals surface area (Å²) in [6.07, 6.45) is 4.63. The molecule has 0 aromatic carbocycles. The van der Waals surface area contributed by atoms with E-state index >= 15 is 0 Å². The summed E-state index contributed by atoms with van der Waals surface area (Å²) in [6, 6.07) is 0. The first-order valence-corrected chi connectivity index (χ1v) is 7.54. The predicted molar refractivity (Wildman–Crippen MR) is 81.4 cm³/mol. The highest BCUT2D eigenvalue weighted by Crippen LogP contribution is 2.30. The molecular weight excluding hydrogens is 286 g/mol. The van der Waals surface area contributed by atoms with E-state index in [9.17, 15) is 10.2 Å². The van der Waals surface area contributed by atoms with E-state index in [-0.39, 0.29) is 19.2 Å². The van der Waals surface area contributed by atoms with Crippen LogP contribution < -0.4 is 0 Å². The van der Waals surface area contributed by atoms with Crippen LogP contribution in [0.4, 0.5) is 0 Å². The summed E-state index contributed by atoms with van der Waals surface area (Å²) in [5, 5.41) is 29.3. The minimum Gasteiger partial charge on any atom is -0.396 e. The Balaban J connectivity index is 1.79. The normalized spacial score (nSPS) is 37.1. The zero-order valence-corrected chi connectivity index (χ0v) is 12.4. The number of aliphatic hydroxyl groups is 3. The number of ether oxygens (including phenoxy) is 1. The molecule has 120 valence electrons. The van der Waals surface area contributed by atoms with Gasteiger partial charge in [-0.1, -0.05) is 6.92 Å². The molecule has 1 unspecified atom stereocenters. The Bertz CT molecular complexity index is 543. The van der Waals surface area contributed by atoms with E-state index in [4.69, 9.17) is 9.84 Å². The first-order valence-electron chi connectivity index (χ1n) is 7.54. The molecule has 0 radical (unpaired) electrons. The second-order valence-electron chi connectivity index (χ2n) is 5.55. The summed E-state index contributed by atoms with van der Waals surface area (Å²) in [7, 11) is 0. The Kier molecular flexibility index (Phi) is 4.39. The number of hydrogen-bond donors (Lipinski definition) is 3. The van der Waals surface area contributed by atoms with Crippen LogP contribution in [0.1, 0.15) is 19.8 Å². The van der Waals surface area contributed by atoms with Crippen LogP contribution in [0.15, 0.2) is 33.9 Å². The van der Waals surface area contributed by atoms with Gasteiger partial charge in [-0.25, -0.2) is 9.98 Å². The van der Waals surface area contributed by atoms with Crippen molar-refractivity contribution in [2.75, 3.05) is 6.61 Å². The zero-order valence-electron chi connectivity index (χ0n) is 12.4. The molecule has 0 aliphatic carbocycles. The van der Waals surface area contributed by atoms with Gasteiger partial charge in [0.25, 0.3) is 0 Å². The number of rotatable bonds is 4. The van der Waals surface area contributed by atoms with Crippen molar-refractivity contribution >= 4 is 12.1 Å². The van der Waals surface area contributed by atoms with E-state index < -0.39 is 24.5 Å². The Labute approximate surface area is 128 Å². The number of aliphatic hydroxyl groups excluding tert-OH is 3. The highest BCUT2D eigenvalue weighted by molar-refractivity contribution is 6.06. The van der Waals surface area contributed by atoms with Gasteiger partial charge in [0, 0.05) is 18.5 Å². The van der Waals surface area contributed by atoms with Gasteiger partial charge in [-0.05, 0) is 30.6 Å². The summed E-state index contributed by atoms with van der Waals surface area (Å²) in [6.45, 7) is 1.93. The lowest BCUT2D eigenvalue weighted by Gasteiger charge is -2.34. The largest absolute Gasteiger partial charge is 0.396 e. The number of nitrogens with zero attached hydrogens (tertiary/aromatic N) is 3. The molecule has 7 heteroatoms. The van der Waals surface area contributed by atoms with Crippen molar-refractivity contribution < 1.29 is 20.1 Å². The maximum Gasteiger partial charge on any atom is 0.160 e. The fourth-order valence-corrected chi connectivity index (χ4v) is 2.99. The maximum absolute atomic E-state index is 10.2. The summed E-state index contributed by atoms with van der Waals surface area (Å²) < 4.78 is 5.73. The van der Waals surface area contributed by atoms with Crippen molar-refractivity contribution in [3.63, 3.8) is 0 Å². The smallest absolute Gasteiger partial charge is 0.160 e. The highest BCUT2D eigenvalue weighted by atomic mass is 16.6. The van der Waals surface area contributed by atoms with E-state index in [1.807, 2.05) is 25.3 Å². The predicted octanol–water partition coefficient (Wildman–Crippen LogP) is -0.210. The van der Waals surface area contributed by atoms with E-state index in [2.05, 4.69) is 9.98 Å². The average molecular weight is 307 g/mol. The minimum atomic E-state index is -1.05. The second-order valence-corrected chi connectivity index (χ2v) is 5.55. The van der Waals surface area contributed by atoms with Gasteiger partial charge < -0.3 is 25.0 Å². The van der Waals surface area contributed by atoms with Gasteiger partial charge in [0.1, 0.15) is 24.7 Å². The summed E-state index contributed by atoms with van der Waals surface area (Å²) in [5.41, 5.74) is 1.98. The van der Waals surface area contributed by atoms with Gasteiger partial charge in [-0.2, -0.15) is 0 Å². The van der Waals surface area contributed by atoms with Gasteiger partial charge in [0.15, 0.2) is 6.23 Å². The topological polar surface area (TPSA) is 97.9 Å². The lowest BCUT2D eigenvalue weighted by molar-refractivity contribution is -0.0811. The van der Waals surface area contributed by atoms with E-state index in [1.165, 1.54) is 6.34 Å². The van der Waals surface area contributed by atoms with Crippen molar-refractivity contribution in [3.05, 3.63) is 23.9 Å².